The van der Waals surface area contributed by atoms with Crippen LogP contribution in [0.5, 0.6) is 0 Å². The molecule has 1 aromatic rings. The van der Waals surface area contributed by atoms with Gasteiger partial charge in [0, 0.05) is 25.8 Å². The van der Waals surface area contributed by atoms with Crippen molar-refractivity contribution in [3.05, 3.63) is 18.1 Å². The van der Waals surface area contributed by atoms with Crippen molar-refractivity contribution in [3.63, 3.8) is 0 Å². The topological polar surface area (TPSA) is 41.1 Å². The van der Waals surface area contributed by atoms with Crippen LogP contribution in [0.2, 0.25) is 0 Å². The Balaban J connectivity index is 0.00000112. The van der Waals surface area contributed by atoms with Crippen LogP contribution in [0.3, 0.4) is 0 Å². The summed E-state index contributed by atoms with van der Waals surface area (Å²) in [5.74, 6) is 1.01. The first-order chi connectivity index (χ1) is 6.86. The molecule has 0 unspecified atom stereocenters. The Morgan fingerprint density at radius 2 is 2.00 bits per heavy atom. The summed E-state index contributed by atoms with van der Waals surface area (Å²) in [4.78, 5) is 10.9. The lowest BCUT2D eigenvalue weighted by atomic mass is 10.4. The van der Waals surface area contributed by atoms with E-state index >= 15 is 0 Å². The average molecular weight is 265 g/mol. The molecule has 0 atom stereocenters. The Labute approximate surface area is 109 Å². The van der Waals surface area contributed by atoms with Gasteiger partial charge >= 0.3 is 0 Å². The second-order valence-corrected chi connectivity index (χ2v) is 3.61. The van der Waals surface area contributed by atoms with E-state index in [1.54, 1.807) is 6.20 Å². The highest BCUT2D eigenvalue weighted by Gasteiger charge is 2.10. The number of nitrogens with one attached hydrogen (secondary N) is 1. The van der Waals surface area contributed by atoms with Gasteiger partial charge in [-0.3, -0.25) is 4.98 Å². The highest BCUT2D eigenvalue weighted by molar-refractivity contribution is 5.85. The van der Waals surface area contributed by atoms with E-state index in [1.807, 2.05) is 13.1 Å². The Morgan fingerprint density at radius 1 is 1.19 bits per heavy atom. The van der Waals surface area contributed by atoms with Crippen molar-refractivity contribution in [1.82, 2.24) is 15.3 Å². The molecule has 1 fully saturated rings. The summed E-state index contributed by atoms with van der Waals surface area (Å²) in [6.07, 6.45) is 4.81. The first kappa shape index (κ1) is 15.4. The van der Waals surface area contributed by atoms with Gasteiger partial charge in [0.05, 0.1) is 11.9 Å². The summed E-state index contributed by atoms with van der Waals surface area (Å²) in [7, 11) is 0. The number of halogens is 2. The average Bonchev–Trinajstić information content (AvgIpc) is 2.45. The summed E-state index contributed by atoms with van der Waals surface area (Å²) in [5.41, 5.74) is 0.986. The summed E-state index contributed by atoms with van der Waals surface area (Å²) in [6.45, 7) is 6.22. The number of hydrogen-bond acceptors (Lipinski definition) is 4. The standard InChI is InChI=1S/C10H16N4.2ClH/c1-9-7-12-8-10(13-9)14-5-2-3-11-4-6-14;;/h7-8,11H,2-6H2,1H3;2*1H. The highest BCUT2D eigenvalue weighted by atomic mass is 35.5. The lowest BCUT2D eigenvalue weighted by molar-refractivity contribution is 0.724. The molecule has 92 valence electrons. The lowest BCUT2D eigenvalue weighted by Crippen LogP contribution is -2.28. The highest BCUT2D eigenvalue weighted by Crippen LogP contribution is 2.10. The Kier molecular flexibility index (Phi) is 7.38. The van der Waals surface area contributed by atoms with E-state index in [0.29, 0.717) is 0 Å². The third kappa shape index (κ3) is 4.12. The molecule has 0 aliphatic carbocycles. The van der Waals surface area contributed by atoms with Gasteiger partial charge in [0.15, 0.2) is 0 Å². The quantitative estimate of drug-likeness (QED) is 0.834. The number of rotatable bonds is 1. The molecule has 0 saturated carbocycles. The Bertz CT molecular complexity index is 301. The van der Waals surface area contributed by atoms with Gasteiger partial charge in [0.25, 0.3) is 0 Å². The second-order valence-electron chi connectivity index (χ2n) is 3.61. The fraction of sp³-hybridized carbons (Fsp3) is 0.600. The largest absolute Gasteiger partial charge is 0.354 e. The molecule has 6 heteroatoms. The van der Waals surface area contributed by atoms with Crippen molar-refractivity contribution < 1.29 is 0 Å². The molecule has 4 nitrogen and oxygen atoms in total. The van der Waals surface area contributed by atoms with Crippen LogP contribution in [-0.2, 0) is 0 Å². The predicted molar refractivity (Wildman–Crippen MR) is 71.0 cm³/mol. The number of hydrogen-bond donors (Lipinski definition) is 1. The molecule has 1 saturated heterocycles. The maximum atomic E-state index is 4.47. The minimum absolute atomic E-state index is 0. The zero-order chi connectivity index (χ0) is 9.80. The van der Waals surface area contributed by atoms with Gasteiger partial charge in [-0.25, -0.2) is 4.98 Å². The maximum Gasteiger partial charge on any atom is 0.147 e. The third-order valence-corrected chi connectivity index (χ3v) is 2.41. The van der Waals surface area contributed by atoms with Crippen LogP contribution in [0.1, 0.15) is 12.1 Å². The van der Waals surface area contributed by atoms with Gasteiger partial charge < -0.3 is 10.2 Å². The number of aromatic nitrogens is 2. The van der Waals surface area contributed by atoms with E-state index in [2.05, 4.69) is 20.2 Å². The maximum absolute atomic E-state index is 4.47. The summed E-state index contributed by atoms with van der Waals surface area (Å²) >= 11 is 0. The van der Waals surface area contributed by atoms with E-state index in [-0.39, 0.29) is 24.8 Å². The molecule has 16 heavy (non-hydrogen) atoms. The second kappa shape index (κ2) is 7.65. The van der Waals surface area contributed by atoms with Crippen molar-refractivity contribution in [3.8, 4) is 0 Å². The van der Waals surface area contributed by atoms with Crippen molar-refractivity contribution >= 4 is 30.6 Å². The van der Waals surface area contributed by atoms with Crippen LogP contribution in [-0.4, -0.2) is 36.1 Å². The van der Waals surface area contributed by atoms with Crippen LogP contribution in [0.25, 0.3) is 0 Å². The van der Waals surface area contributed by atoms with Gasteiger partial charge in [0.2, 0.25) is 0 Å². The molecular formula is C10H18Cl2N4. The SMILES string of the molecule is Cc1cncc(N2CCCNCC2)n1.Cl.Cl. The van der Waals surface area contributed by atoms with Gasteiger partial charge in [0.1, 0.15) is 5.82 Å². The molecular weight excluding hydrogens is 247 g/mol. The smallest absolute Gasteiger partial charge is 0.147 e. The number of nitrogens with zero attached hydrogens (tertiary/aromatic N) is 3. The molecule has 0 amide bonds. The van der Waals surface area contributed by atoms with Crippen LogP contribution in [0.15, 0.2) is 12.4 Å². The molecule has 1 aliphatic rings. The van der Waals surface area contributed by atoms with E-state index in [0.717, 1.165) is 37.7 Å². The fourth-order valence-corrected chi connectivity index (χ4v) is 1.68. The van der Waals surface area contributed by atoms with Crippen LogP contribution < -0.4 is 10.2 Å². The van der Waals surface area contributed by atoms with Crippen LogP contribution in [0.4, 0.5) is 5.82 Å². The zero-order valence-corrected chi connectivity index (χ0v) is 11.0. The van der Waals surface area contributed by atoms with Crippen molar-refractivity contribution in [2.45, 2.75) is 13.3 Å². The first-order valence-corrected chi connectivity index (χ1v) is 5.10. The molecule has 0 radical (unpaired) electrons. The van der Waals surface area contributed by atoms with Gasteiger partial charge in [-0.1, -0.05) is 0 Å². The summed E-state index contributed by atoms with van der Waals surface area (Å²) in [5, 5.41) is 3.37. The normalized spacial score (nSPS) is 15.7. The van der Waals surface area contributed by atoms with E-state index in [4.69, 9.17) is 0 Å². The fourth-order valence-electron chi connectivity index (χ4n) is 1.68. The minimum Gasteiger partial charge on any atom is -0.354 e. The Morgan fingerprint density at radius 3 is 2.75 bits per heavy atom. The van der Waals surface area contributed by atoms with Gasteiger partial charge in [-0.15, -0.1) is 24.8 Å². The summed E-state index contributed by atoms with van der Waals surface area (Å²) < 4.78 is 0. The van der Waals surface area contributed by atoms with E-state index in [1.165, 1.54) is 6.42 Å². The molecule has 0 bridgehead atoms. The van der Waals surface area contributed by atoms with E-state index in [9.17, 15) is 0 Å². The predicted octanol–water partition coefficient (Wildman–Crippen LogP) is 1.43. The molecule has 2 heterocycles. The van der Waals surface area contributed by atoms with Gasteiger partial charge in [-0.05, 0) is 19.9 Å². The monoisotopic (exact) mass is 264 g/mol. The lowest BCUT2D eigenvalue weighted by Gasteiger charge is -2.20. The molecule has 1 N–H and O–H groups in total. The molecule has 2 rings (SSSR count). The number of aryl methyl sites for hydroxylation is 1. The third-order valence-electron chi connectivity index (χ3n) is 2.41. The van der Waals surface area contributed by atoms with Crippen molar-refractivity contribution in [2.75, 3.05) is 31.1 Å². The summed E-state index contributed by atoms with van der Waals surface area (Å²) in [6, 6.07) is 0. The molecule has 0 aromatic carbocycles. The van der Waals surface area contributed by atoms with Crippen molar-refractivity contribution in [2.24, 2.45) is 0 Å². The molecule has 0 spiro atoms. The minimum atomic E-state index is 0. The first-order valence-electron chi connectivity index (χ1n) is 5.10. The molecule has 1 aliphatic heterocycles. The molecule has 1 aromatic heterocycles. The zero-order valence-electron chi connectivity index (χ0n) is 9.35. The Hall–Kier alpha value is -0.580. The number of anilines is 1. The van der Waals surface area contributed by atoms with Crippen molar-refractivity contribution in [1.29, 1.82) is 0 Å². The van der Waals surface area contributed by atoms with Gasteiger partial charge in [-0.2, -0.15) is 0 Å². The van der Waals surface area contributed by atoms with Crippen LogP contribution in [0, 0.1) is 6.92 Å². The van der Waals surface area contributed by atoms with Crippen LogP contribution >= 0.6 is 24.8 Å². The van der Waals surface area contributed by atoms with E-state index < -0.39 is 0 Å².